The van der Waals surface area contributed by atoms with E-state index in [4.69, 9.17) is 10.5 Å². The Balaban J connectivity index is 2.17. The third-order valence-electron chi connectivity index (χ3n) is 4.51. The van der Waals surface area contributed by atoms with Crippen molar-refractivity contribution in [3.05, 3.63) is 53.6 Å². The molecule has 2 rings (SSSR count). The van der Waals surface area contributed by atoms with E-state index in [2.05, 4.69) is 25.2 Å². The van der Waals surface area contributed by atoms with Crippen molar-refractivity contribution >= 4 is 17.3 Å². The van der Waals surface area contributed by atoms with Gasteiger partial charge in [0.2, 0.25) is 0 Å². The predicted molar refractivity (Wildman–Crippen MR) is 104 cm³/mol. The number of rotatable bonds is 7. The minimum Gasteiger partial charge on any atom is -0.480 e. The number of carbonyl (C=O) groups is 1. The summed E-state index contributed by atoms with van der Waals surface area (Å²) in [5.41, 5.74) is 9.27. The zero-order chi connectivity index (χ0) is 18.4. The highest BCUT2D eigenvalue weighted by atomic mass is 16.5. The molecule has 0 bridgehead atoms. The Morgan fingerprint density at radius 2 is 1.88 bits per heavy atom. The van der Waals surface area contributed by atoms with Crippen molar-refractivity contribution in [2.24, 2.45) is 0 Å². The van der Waals surface area contributed by atoms with Crippen LogP contribution in [0.15, 0.2) is 42.5 Å². The summed E-state index contributed by atoms with van der Waals surface area (Å²) in [5.74, 6) is 1.01. The molecule has 25 heavy (non-hydrogen) atoms. The first-order chi connectivity index (χ1) is 12.0. The van der Waals surface area contributed by atoms with Gasteiger partial charge in [-0.2, -0.15) is 0 Å². The molecule has 0 aromatic heterocycles. The number of para-hydroxylation sites is 1. The van der Waals surface area contributed by atoms with E-state index in [0.29, 0.717) is 18.0 Å². The lowest BCUT2D eigenvalue weighted by atomic mass is 9.98. The number of hydrogen-bond acceptors (Lipinski definition) is 3. The molecule has 4 heteroatoms. The van der Waals surface area contributed by atoms with Crippen LogP contribution in [-0.4, -0.2) is 12.0 Å². The van der Waals surface area contributed by atoms with Gasteiger partial charge in [-0.25, -0.2) is 0 Å². The normalized spacial score (nSPS) is 13.1. The van der Waals surface area contributed by atoms with Crippen molar-refractivity contribution in [3.63, 3.8) is 0 Å². The van der Waals surface area contributed by atoms with E-state index < -0.39 is 6.10 Å². The molecule has 0 aliphatic rings. The number of nitrogens with two attached hydrogens (primary N) is 1. The smallest absolute Gasteiger partial charge is 0.265 e. The topological polar surface area (TPSA) is 64.3 Å². The number of ether oxygens (including phenoxy) is 1. The summed E-state index contributed by atoms with van der Waals surface area (Å²) >= 11 is 0. The molecule has 2 unspecified atom stereocenters. The molecule has 2 aromatic carbocycles. The Labute approximate surface area is 150 Å². The highest BCUT2D eigenvalue weighted by Crippen LogP contribution is 2.29. The maximum Gasteiger partial charge on any atom is 0.265 e. The van der Waals surface area contributed by atoms with Crippen LogP contribution in [0.3, 0.4) is 0 Å². The van der Waals surface area contributed by atoms with Gasteiger partial charge in [-0.05, 0) is 55.0 Å². The molecule has 0 spiro atoms. The van der Waals surface area contributed by atoms with Crippen LogP contribution >= 0.6 is 0 Å². The summed E-state index contributed by atoms with van der Waals surface area (Å²) < 4.78 is 6.08. The quantitative estimate of drug-likeness (QED) is 0.706. The zero-order valence-electron chi connectivity index (χ0n) is 15.5. The van der Waals surface area contributed by atoms with E-state index in [9.17, 15) is 4.79 Å². The molecule has 2 aromatic rings. The number of anilines is 2. The number of nitrogen functional groups attached to an aromatic ring is 1. The second-order valence-corrected chi connectivity index (χ2v) is 6.43. The molecule has 0 aliphatic heterocycles. The monoisotopic (exact) mass is 340 g/mol. The summed E-state index contributed by atoms with van der Waals surface area (Å²) in [6.07, 6.45) is 1.06. The van der Waals surface area contributed by atoms with Crippen LogP contribution in [0.25, 0.3) is 0 Å². The van der Waals surface area contributed by atoms with Gasteiger partial charge in [0.25, 0.3) is 5.91 Å². The van der Waals surface area contributed by atoms with Crippen LogP contribution in [0.2, 0.25) is 0 Å². The largest absolute Gasteiger partial charge is 0.480 e. The minimum absolute atomic E-state index is 0.157. The fourth-order valence-corrected chi connectivity index (χ4v) is 2.68. The first kappa shape index (κ1) is 18.8. The van der Waals surface area contributed by atoms with Crippen molar-refractivity contribution in [2.45, 2.75) is 52.6 Å². The predicted octanol–water partition coefficient (Wildman–Crippen LogP) is 4.89. The van der Waals surface area contributed by atoms with Crippen LogP contribution in [0.4, 0.5) is 11.4 Å². The molecular formula is C21H28N2O2. The first-order valence-electron chi connectivity index (χ1n) is 8.88. The molecule has 134 valence electrons. The number of benzene rings is 2. The third kappa shape index (κ3) is 4.75. The van der Waals surface area contributed by atoms with Gasteiger partial charge in [-0.1, -0.05) is 45.0 Å². The summed E-state index contributed by atoms with van der Waals surface area (Å²) in [7, 11) is 0. The molecule has 2 atom stereocenters. The van der Waals surface area contributed by atoms with E-state index >= 15 is 0 Å². The fourth-order valence-electron chi connectivity index (χ4n) is 2.68. The molecule has 0 aliphatic carbocycles. The molecule has 1 amide bonds. The van der Waals surface area contributed by atoms with Gasteiger partial charge in [0.05, 0.1) is 0 Å². The van der Waals surface area contributed by atoms with Crippen LogP contribution in [-0.2, 0) is 4.79 Å². The van der Waals surface area contributed by atoms with Crippen molar-refractivity contribution < 1.29 is 9.53 Å². The molecule has 0 saturated heterocycles. The van der Waals surface area contributed by atoms with Gasteiger partial charge in [-0.3, -0.25) is 4.79 Å². The fraction of sp³-hybridized carbons (Fsp3) is 0.381. The SMILES string of the molecule is CCC(Oc1ccccc1C(C)CC)C(=O)Nc1cc(N)ccc1C. The van der Waals surface area contributed by atoms with E-state index in [1.165, 1.54) is 0 Å². The summed E-state index contributed by atoms with van der Waals surface area (Å²) in [6, 6.07) is 13.4. The van der Waals surface area contributed by atoms with Crippen molar-refractivity contribution in [1.82, 2.24) is 0 Å². The lowest BCUT2D eigenvalue weighted by molar-refractivity contribution is -0.122. The molecule has 0 radical (unpaired) electrons. The Kier molecular flexibility index (Phi) is 6.45. The highest BCUT2D eigenvalue weighted by molar-refractivity contribution is 5.95. The van der Waals surface area contributed by atoms with Gasteiger partial charge in [0.1, 0.15) is 5.75 Å². The number of amides is 1. The molecule has 0 saturated carbocycles. The zero-order valence-corrected chi connectivity index (χ0v) is 15.5. The maximum absolute atomic E-state index is 12.7. The standard InChI is InChI=1S/C21H28N2O2/c1-5-14(3)17-9-7-8-10-20(17)25-19(6-2)21(24)23-18-13-16(22)12-11-15(18)4/h7-14,19H,5-6,22H2,1-4H3,(H,23,24). The Morgan fingerprint density at radius 1 is 1.16 bits per heavy atom. The number of carbonyl (C=O) groups excluding carboxylic acids is 1. The average Bonchev–Trinajstić information content (AvgIpc) is 2.62. The lowest BCUT2D eigenvalue weighted by Crippen LogP contribution is -2.33. The molecule has 4 nitrogen and oxygen atoms in total. The summed E-state index contributed by atoms with van der Waals surface area (Å²) in [5, 5.41) is 2.94. The number of aryl methyl sites for hydroxylation is 1. The second-order valence-electron chi connectivity index (χ2n) is 6.43. The van der Waals surface area contributed by atoms with E-state index in [1.54, 1.807) is 6.07 Å². The number of nitrogens with one attached hydrogen (secondary N) is 1. The van der Waals surface area contributed by atoms with Gasteiger partial charge in [0, 0.05) is 11.4 Å². The molecular weight excluding hydrogens is 312 g/mol. The van der Waals surface area contributed by atoms with E-state index in [-0.39, 0.29) is 5.91 Å². The van der Waals surface area contributed by atoms with E-state index in [0.717, 1.165) is 29.0 Å². The second kappa shape index (κ2) is 8.56. The van der Waals surface area contributed by atoms with Crippen LogP contribution in [0.5, 0.6) is 5.75 Å². The van der Waals surface area contributed by atoms with Crippen LogP contribution in [0.1, 0.15) is 50.7 Å². The average molecular weight is 340 g/mol. The summed E-state index contributed by atoms with van der Waals surface area (Å²) in [4.78, 5) is 12.7. The minimum atomic E-state index is -0.550. The van der Waals surface area contributed by atoms with Crippen molar-refractivity contribution in [1.29, 1.82) is 0 Å². The highest BCUT2D eigenvalue weighted by Gasteiger charge is 2.21. The lowest BCUT2D eigenvalue weighted by Gasteiger charge is -2.21. The first-order valence-corrected chi connectivity index (χ1v) is 8.88. The Bertz CT molecular complexity index is 728. The number of hydrogen-bond donors (Lipinski definition) is 2. The third-order valence-corrected chi connectivity index (χ3v) is 4.51. The molecule has 0 fully saturated rings. The van der Waals surface area contributed by atoms with Gasteiger partial charge in [0.15, 0.2) is 6.10 Å². The van der Waals surface area contributed by atoms with E-state index in [1.807, 2.05) is 44.2 Å². The molecule has 0 heterocycles. The maximum atomic E-state index is 12.7. The van der Waals surface area contributed by atoms with Crippen LogP contribution in [0, 0.1) is 6.92 Å². The van der Waals surface area contributed by atoms with Gasteiger partial charge >= 0.3 is 0 Å². The Morgan fingerprint density at radius 3 is 2.56 bits per heavy atom. The van der Waals surface area contributed by atoms with Gasteiger partial charge < -0.3 is 15.8 Å². The van der Waals surface area contributed by atoms with Crippen LogP contribution < -0.4 is 15.8 Å². The summed E-state index contributed by atoms with van der Waals surface area (Å²) in [6.45, 7) is 8.20. The van der Waals surface area contributed by atoms with Gasteiger partial charge in [-0.15, -0.1) is 0 Å². The van der Waals surface area contributed by atoms with Crippen molar-refractivity contribution in [2.75, 3.05) is 11.1 Å². The molecule has 3 N–H and O–H groups in total. The van der Waals surface area contributed by atoms with Crippen molar-refractivity contribution in [3.8, 4) is 5.75 Å². The Hall–Kier alpha value is -2.49.